The molecule has 1 unspecified atom stereocenters. The molecule has 1 atom stereocenters. The summed E-state index contributed by atoms with van der Waals surface area (Å²) in [5.74, 6) is -0.705. The fraction of sp³-hybridized carbons (Fsp3) is 0.176. The largest absolute Gasteiger partial charge is 0.467 e. The van der Waals surface area contributed by atoms with E-state index >= 15 is 0 Å². The van der Waals surface area contributed by atoms with Gasteiger partial charge in [0.05, 0.1) is 13.5 Å². The summed E-state index contributed by atoms with van der Waals surface area (Å²) in [5.41, 5.74) is 1.59. The standard InChI is InChI=1S/C17H17NO3/c1-21-17(20)16(14-10-6-3-7-11-14)18-15(19)12-13-8-4-2-5-9-13/h2-11,16H,12H2,1H3,(H,18,19). The van der Waals surface area contributed by atoms with Gasteiger partial charge in [0.25, 0.3) is 0 Å². The molecule has 0 aliphatic carbocycles. The smallest absolute Gasteiger partial charge is 0.333 e. The number of nitrogens with one attached hydrogen (secondary N) is 1. The van der Waals surface area contributed by atoms with E-state index in [9.17, 15) is 9.59 Å². The average Bonchev–Trinajstić information content (AvgIpc) is 2.53. The van der Waals surface area contributed by atoms with E-state index in [0.29, 0.717) is 5.56 Å². The van der Waals surface area contributed by atoms with Crippen LogP contribution >= 0.6 is 0 Å². The van der Waals surface area contributed by atoms with Gasteiger partial charge in [-0.3, -0.25) is 4.79 Å². The maximum atomic E-state index is 12.1. The van der Waals surface area contributed by atoms with Crippen LogP contribution in [-0.2, 0) is 20.7 Å². The average molecular weight is 283 g/mol. The second kappa shape index (κ2) is 7.24. The molecule has 2 aromatic carbocycles. The van der Waals surface area contributed by atoms with Crippen molar-refractivity contribution in [2.24, 2.45) is 0 Å². The molecule has 0 radical (unpaired) electrons. The van der Waals surface area contributed by atoms with Crippen LogP contribution in [0.1, 0.15) is 17.2 Å². The third kappa shape index (κ3) is 4.18. The van der Waals surface area contributed by atoms with Crippen molar-refractivity contribution < 1.29 is 14.3 Å². The zero-order chi connectivity index (χ0) is 15.1. The van der Waals surface area contributed by atoms with Crippen LogP contribution < -0.4 is 5.32 Å². The van der Waals surface area contributed by atoms with Gasteiger partial charge in [-0.15, -0.1) is 0 Å². The Bertz CT molecular complexity index is 596. The molecule has 4 heteroatoms. The van der Waals surface area contributed by atoms with Crippen LogP contribution in [0.25, 0.3) is 0 Å². The lowest BCUT2D eigenvalue weighted by Crippen LogP contribution is -2.35. The predicted octanol–water partition coefficient (Wildman–Crippen LogP) is 2.26. The van der Waals surface area contributed by atoms with Crippen LogP contribution in [0.5, 0.6) is 0 Å². The fourth-order valence-corrected chi connectivity index (χ4v) is 2.03. The van der Waals surface area contributed by atoms with Crippen LogP contribution in [-0.4, -0.2) is 19.0 Å². The zero-order valence-corrected chi connectivity index (χ0v) is 11.8. The molecule has 0 heterocycles. The molecule has 2 aromatic rings. The second-order valence-corrected chi connectivity index (χ2v) is 4.60. The van der Waals surface area contributed by atoms with Crippen LogP contribution in [0.2, 0.25) is 0 Å². The van der Waals surface area contributed by atoms with Crippen molar-refractivity contribution in [1.29, 1.82) is 0 Å². The predicted molar refractivity (Wildman–Crippen MR) is 79.5 cm³/mol. The molecule has 0 saturated heterocycles. The third-order valence-corrected chi connectivity index (χ3v) is 3.08. The minimum absolute atomic E-state index is 0.222. The molecule has 108 valence electrons. The molecule has 0 bridgehead atoms. The Morgan fingerprint density at radius 1 is 1.00 bits per heavy atom. The van der Waals surface area contributed by atoms with E-state index in [-0.39, 0.29) is 12.3 Å². The number of ether oxygens (including phenoxy) is 1. The topological polar surface area (TPSA) is 55.4 Å². The van der Waals surface area contributed by atoms with Crippen LogP contribution in [0, 0.1) is 0 Å². The molecule has 4 nitrogen and oxygen atoms in total. The Labute approximate surface area is 123 Å². The fourth-order valence-electron chi connectivity index (χ4n) is 2.03. The summed E-state index contributed by atoms with van der Waals surface area (Å²) in [6, 6.07) is 17.6. The van der Waals surface area contributed by atoms with Gasteiger partial charge in [0, 0.05) is 0 Å². The van der Waals surface area contributed by atoms with Crippen molar-refractivity contribution >= 4 is 11.9 Å². The molecule has 2 rings (SSSR count). The Kier molecular flexibility index (Phi) is 5.10. The summed E-state index contributed by atoms with van der Waals surface area (Å²) in [5, 5.41) is 2.72. The van der Waals surface area contributed by atoms with Gasteiger partial charge in [0.1, 0.15) is 0 Å². The van der Waals surface area contributed by atoms with Crippen molar-refractivity contribution in [1.82, 2.24) is 5.32 Å². The summed E-state index contributed by atoms with van der Waals surface area (Å²) in [7, 11) is 1.31. The second-order valence-electron chi connectivity index (χ2n) is 4.60. The molecule has 0 spiro atoms. The van der Waals surface area contributed by atoms with E-state index in [0.717, 1.165) is 5.56 Å². The van der Waals surface area contributed by atoms with Crippen molar-refractivity contribution in [3.8, 4) is 0 Å². The van der Waals surface area contributed by atoms with Gasteiger partial charge >= 0.3 is 5.97 Å². The van der Waals surface area contributed by atoms with Crippen molar-refractivity contribution in [3.05, 3.63) is 71.8 Å². The van der Waals surface area contributed by atoms with Crippen LogP contribution in [0.4, 0.5) is 0 Å². The van der Waals surface area contributed by atoms with E-state index < -0.39 is 12.0 Å². The SMILES string of the molecule is COC(=O)C(NC(=O)Cc1ccccc1)c1ccccc1. The summed E-state index contributed by atoms with van der Waals surface area (Å²) in [6.07, 6.45) is 0.223. The van der Waals surface area contributed by atoms with Gasteiger partial charge in [-0.1, -0.05) is 60.7 Å². The monoisotopic (exact) mass is 283 g/mol. The summed E-state index contributed by atoms with van der Waals surface area (Å²) < 4.78 is 4.76. The maximum Gasteiger partial charge on any atom is 0.333 e. The summed E-state index contributed by atoms with van der Waals surface area (Å²) in [4.78, 5) is 24.0. The Balaban J connectivity index is 2.09. The van der Waals surface area contributed by atoms with Gasteiger partial charge in [-0.2, -0.15) is 0 Å². The van der Waals surface area contributed by atoms with Crippen molar-refractivity contribution in [2.75, 3.05) is 7.11 Å². The Morgan fingerprint density at radius 3 is 2.14 bits per heavy atom. The van der Waals surface area contributed by atoms with Crippen LogP contribution in [0.15, 0.2) is 60.7 Å². The number of rotatable bonds is 5. The molecule has 0 fully saturated rings. The minimum atomic E-state index is -0.785. The normalized spacial score (nSPS) is 11.5. The molecule has 0 aliphatic rings. The lowest BCUT2D eigenvalue weighted by molar-refractivity contribution is -0.145. The number of carbonyl (C=O) groups is 2. The Hall–Kier alpha value is -2.62. The lowest BCUT2D eigenvalue weighted by Gasteiger charge is -2.16. The summed E-state index contributed by atoms with van der Waals surface area (Å²) >= 11 is 0. The molecule has 0 aromatic heterocycles. The number of hydrogen-bond donors (Lipinski definition) is 1. The number of esters is 1. The Morgan fingerprint density at radius 2 is 1.57 bits per heavy atom. The maximum absolute atomic E-state index is 12.1. The van der Waals surface area contributed by atoms with Gasteiger partial charge < -0.3 is 10.1 Å². The zero-order valence-electron chi connectivity index (χ0n) is 11.8. The molecule has 0 aliphatic heterocycles. The van der Waals surface area contributed by atoms with Gasteiger partial charge in [0.15, 0.2) is 6.04 Å². The highest BCUT2D eigenvalue weighted by Crippen LogP contribution is 2.14. The first-order valence-electron chi connectivity index (χ1n) is 6.67. The van der Waals surface area contributed by atoms with Crippen LogP contribution in [0.3, 0.4) is 0 Å². The first-order chi connectivity index (χ1) is 10.2. The van der Waals surface area contributed by atoms with E-state index in [2.05, 4.69) is 5.32 Å². The molecular weight excluding hydrogens is 266 g/mol. The van der Waals surface area contributed by atoms with Gasteiger partial charge in [-0.25, -0.2) is 4.79 Å². The number of benzene rings is 2. The first kappa shape index (κ1) is 14.8. The highest BCUT2D eigenvalue weighted by molar-refractivity contribution is 5.86. The van der Waals surface area contributed by atoms with Crippen molar-refractivity contribution in [2.45, 2.75) is 12.5 Å². The first-order valence-corrected chi connectivity index (χ1v) is 6.67. The lowest BCUT2D eigenvalue weighted by atomic mass is 10.1. The van der Waals surface area contributed by atoms with E-state index in [4.69, 9.17) is 4.74 Å². The van der Waals surface area contributed by atoms with Gasteiger partial charge in [-0.05, 0) is 11.1 Å². The van der Waals surface area contributed by atoms with E-state index in [1.54, 1.807) is 12.1 Å². The molecule has 1 N–H and O–H groups in total. The number of amides is 1. The molecule has 1 amide bonds. The molecular formula is C17H17NO3. The molecule has 0 saturated carbocycles. The van der Waals surface area contributed by atoms with E-state index in [1.165, 1.54) is 7.11 Å². The van der Waals surface area contributed by atoms with Gasteiger partial charge in [0.2, 0.25) is 5.91 Å². The highest BCUT2D eigenvalue weighted by Gasteiger charge is 2.23. The third-order valence-electron chi connectivity index (χ3n) is 3.08. The number of hydrogen-bond acceptors (Lipinski definition) is 3. The highest BCUT2D eigenvalue weighted by atomic mass is 16.5. The quantitative estimate of drug-likeness (QED) is 0.856. The number of methoxy groups -OCH3 is 1. The van der Waals surface area contributed by atoms with E-state index in [1.807, 2.05) is 48.5 Å². The summed E-state index contributed by atoms with van der Waals surface area (Å²) in [6.45, 7) is 0. The number of carbonyl (C=O) groups excluding carboxylic acids is 2. The molecule has 21 heavy (non-hydrogen) atoms. The van der Waals surface area contributed by atoms with Crippen molar-refractivity contribution in [3.63, 3.8) is 0 Å². The minimum Gasteiger partial charge on any atom is -0.467 e.